The molecule has 2 amide bonds. The Bertz CT molecular complexity index is 1070. The number of sulfonamides is 1. The van der Waals surface area contributed by atoms with E-state index in [1.54, 1.807) is 31.2 Å². The van der Waals surface area contributed by atoms with Gasteiger partial charge in [0.25, 0.3) is 0 Å². The van der Waals surface area contributed by atoms with Gasteiger partial charge in [0.1, 0.15) is 12.6 Å². The van der Waals surface area contributed by atoms with Crippen molar-refractivity contribution in [3.8, 4) is 0 Å². The highest BCUT2D eigenvalue weighted by atomic mass is 79.9. The molecule has 0 radical (unpaired) electrons. The molecule has 0 aromatic heterocycles. The molecule has 1 N–H and O–H groups in total. The molecule has 2 unspecified atom stereocenters. The average Bonchev–Trinajstić information content (AvgIpc) is 2.76. The number of amides is 2. The van der Waals surface area contributed by atoms with Gasteiger partial charge in [-0.15, -0.1) is 0 Å². The van der Waals surface area contributed by atoms with E-state index in [0.29, 0.717) is 10.2 Å². The minimum atomic E-state index is -3.76. The Morgan fingerprint density at radius 1 is 1.06 bits per heavy atom. The van der Waals surface area contributed by atoms with Gasteiger partial charge in [0.2, 0.25) is 21.8 Å². The Morgan fingerprint density at radius 3 is 2.21 bits per heavy atom. The highest BCUT2D eigenvalue weighted by Gasteiger charge is 2.31. The number of hydrogen-bond acceptors (Lipinski definition) is 4. The zero-order valence-electron chi connectivity index (χ0n) is 19.7. The van der Waals surface area contributed by atoms with E-state index in [9.17, 15) is 18.0 Å². The van der Waals surface area contributed by atoms with Crippen LogP contribution in [0.3, 0.4) is 0 Å². The molecular formula is C24H32BrN3O4S. The Morgan fingerprint density at radius 2 is 1.67 bits per heavy atom. The van der Waals surface area contributed by atoms with Gasteiger partial charge in [-0.3, -0.25) is 13.9 Å². The lowest BCUT2D eigenvalue weighted by Crippen LogP contribution is -2.52. The van der Waals surface area contributed by atoms with Crippen LogP contribution in [0.5, 0.6) is 0 Å². The van der Waals surface area contributed by atoms with Gasteiger partial charge < -0.3 is 10.2 Å². The van der Waals surface area contributed by atoms with Crippen LogP contribution in [0.15, 0.2) is 53.0 Å². The predicted octanol–water partition coefficient (Wildman–Crippen LogP) is 3.86. The first-order valence-corrected chi connectivity index (χ1v) is 13.5. The standard InChI is InChI=1S/C24H32BrN3O4S/c1-6-18(3)26-24(30)19(4)27(15-20-13-11-17(2)12-14-20)23(29)16-28(33(5,31)32)22-10-8-7-9-21(22)25/h7-14,18-19H,6,15-16H2,1-5H3,(H,26,30). The summed E-state index contributed by atoms with van der Waals surface area (Å²) in [6.07, 6.45) is 1.82. The van der Waals surface area contributed by atoms with Crippen LogP contribution >= 0.6 is 15.9 Å². The van der Waals surface area contributed by atoms with Crippen LogP contribution < -0.4 is 9.62 Å². The molecule has 0 heterocycles. The SMILES string of the molecule is CCC(C)NC(=O)C(C)N(Cc1ccc(C)cc1)C(=O)CN(c1ccccc1Br)S(C)(=O)=O. The maximum absolute atomic E-state index is 13.5. The van der Waals surface area contributed by atoms with Crippen LogP contribution in [0.4, 0.5) is 5.69 Å². The molecular weight excluding hydrogens is 506 g/mol. The largest absolute Gasteiger partial charge is 0.352 e. The summed E-state index contributed by atoms with van der Waals surface area (Å²) in [7, 11) is -3.76. The minimum absolute atomic E-state index is 0.0379. The molecule has 0 aliphatic heterocycles. The Balaban J connectivity index is 2.39. The second-order valence-corrected chi connectivity index (χ2v) is 11.0. The van der Waals surface area contributed by atoms with E-state index >= 15 is 0 Å². The van der Waals surface area contributed by atoms with Crippen LogP contribution in [0.25, 0.3) is 0 Å². The van der Waals surface area contributed by atoms with E-state index in [2.05, 4.69) is 21.2 Å². The molecule has 0 spiro atoms. The topological polar surface area (TPSA) is 86.8 Å². The monoisotopic (exact) mass is 537 g/mol. The number of benzene rings is 2. The van der Waals surface area contributed by atoms with Gasteiger partial charge >= 0.3 is 0 Å². The number of carbonyl (C=O) groups is 2. The summed E-state index contributed by atoms with van der Waals surface area (Å²) < 4.78 is 26.8. The molecule has 2 aromatic rings. The summed E-state index contributed by atoms with van der Waals surface area (Å²) in [5.41, 5.74) is 2.29. The molecule has 180 valence electrons. The van der Waals surface area contributed by atoms with Gasteiger partial charge in [-0.05, 0) is 60.8 Å². The Labute approximate surface area is 205 Å². The zero-order chi connectivity index (χ0) is 24.8. The smallest absolute Gasteiger partial charge is 0.244 e. The number of para-hydroxylation sites is 1. The van der Waals surface area contributed by atoms with E-state index in [1.165, 1.54) is 4.90 Å². The Hall–Kier alpha value is -2.39. The average molecular weight is 539 g/mol. The number of hydrogen-bond donors (Lipinski definition) is 1. The van der Waals surface area contributed by atoms with Crippen LogP contribution in [0.1, 0.15) is 38.3 Å². The van der Waals surface area contributed by atoms with Gasteiger partial charge in [0, 0.05) is 17.1 Å². The summed E-state index contributed by atoms with van der Waals surface area (Å²) in [6.45, 7) is 7.25. The molecule has 0 fully saturated rings. The van der Waals surface area contributed by atoms with Crippen LogP contribution in [-0.2, 0) is 26.2 Å². The summed E-state index contributed by atoms with van der Waals surface area (Å²) >= 11 is 3.37. The van der Waals surface area contributed by atoms with Gasteiger partial charge in [0.15, 0.2) is 0 Å². The number of halogens is 1. The van der Waals surface area contributed by atoms with Crippen molar-refractivity contribution in [1.29, 1.82) is 0 Å². The lowest BCUT2D eigenvalue weighted by Gasteiger charge is -2.32. The molecule has 0 saturated carbocycles. The highest BCUT2D eigenvalue weighted by Crippen LogP contribution is 2.28. The molecule has 0 aliphatic carbocycles. The molecule has 2 aromatic carbocycles. The highest BCUT2D eigenvalue weighted by molar-refractivity contribution is 9.10. The predicted molar refractivity (Wildman–Crippen MR) is 135 cm³/mol. The number of carbonyl (C=O) groups excluding carboxylic acids is 2. The lowest BCUT2D eigenvalue weighted by atomic mass is 10.1. The third-order valence-corrected chi connectivity index (χ3v) is 7.24. The summed E-state index contributed by atoms with van der Waals surface area (Å²) in [5.74, 6) is -0.750. The fourth-order valence-corrected chi connectivity index (χ4v) is 4.66. The van der Waals surface area contributed by atoms with Gasteiger partial charge in [-0.2, -0.15) is 0 Å². The maximum atomic E-state index is 13.5. The summed E-state index contributed by atoms with van der Waals surface area (Å²) in [6, 6.07) is 13.7. The molecule has 0 saturated heterocycles. The van der Waals surface area contributed by atoms with Crippen LogP contribution in [0, 0.1) is 6.92 Å². The lowest BCUT2D eigenvalue weighted by molar-refractivity contribution is -0.139. The molecule has 2 rings (SSSR count). The fraction of sp³-hybridized carbons (Fsp3) is 0.417. The van der Waals surface area contributed by atoms with Crippen molar-refractivity contribution in [2.45, 2.75) is 52.7 Å². The molecule has 0 bridgehead atoms. The number of rotatable bonds is 10. The van der Waals surface area contributed by atoms with Crippen LogP contribution in [0.2, 0.25) is 0 Å². The zero-order valence-corrected chi connectivity index (χ0v) is 22.1. The van der Waals surface area contributed by atoms with E-state index in [-0.39, 0.29) is 18.5 Å². The van der Waals surface area contributed by atoms with Gasteiger partial charge in [-0.25, -0.2) is 8.42 Å². The van der Waals surface area contributed by atoms with Crippen molar-refractivity contribution in [3.63, 3.8) is 0 Å². The van der Waals surface area contributed by atoms with Crippen LogP contribution in [-0.4, -0.2) is 50.0 Å². The van der Waals surface area contributed by atoms with Gasteiger partial charge in [-0.1, -0.05) is 48.9 Å². The van der Waals surface area contributed by atoms with E-state index in [0.717, 1.165) is 28.1 Å². The molecule has 33 heavy (non-hydrogen) atoms. The van der Waals surface area contributed by atoms with Crippen molar-refractivity contribution in [2.75, 3.05) is 17.1 Å². The van der Waals surface area contributed by atoms with E-state index in [1.807, 2.05) is 45.0 Å². The van der Waals surface area contributed by atoms with Gasteiger partial charge in [0.05, 0.1) is 11.9 Å². The molecule has 2 atom stereocenters. The first-order chi connectivity index (χ1) is 15.4. The quantitative estimate of drug-likeness (QED) is 0.498. The second-order valence-electron chi connectivity index (χ2n) is 8.22. The number of aryl methyl sites for hydroxylation is 1. The molecule has 9 heteroatoms. The summed E-state index contributed by atoms with van der Waals surface area (Å²) in [5, 5.41) is 2.91. The first-order valence-electron chi connectivity index (χ1n) is 10.8. The fourth-order valence-electron chi connectivity index (χ4n) is 3.19. The maximum Gasteiger partial charge on any atom is 0.244 e. The third kappa shape index (κ3) is 7.57. The van der Waals surface area contributed by atoms with Crippen molar-refractivity contribution < 1.29 is 18.0 Å². The second kappa shape index (κ2) is 11.7. The normalized spacial score (nSPS) is 13.2. The minimum Gasteiger partial charge on any atom is -0.352 e. The molecule has 0 aliphatic rings. The Kier molecular flexibility index (Phi) is 9.48. The number of nitrogens with zero attached hydrogens (tertiary/aromatic N) is 2. The summed E-state index contributed by atoms with van der Waals surface area (Å²) in [4.78, 5) is 27.8. The first kappa shape index (κ1) is 26.9. The van der Waals surface area contributed by atoms with Crippen molar-refractivity contribution in [3.05, 3.63) is 64.1 Å². The number of anilines is 1. The van der Waals surface area contributed by atoms with E-state index in [4.69, 9.17) is 0 Å². The van der Waals surface area contributed by atoms with Crippen molar-refractivity contribution in [1.82, 2.24) is 10.2 Å². The number of nitrogens with one attached hydrogen (secondary N) is 1. The van der Waals surface area contributed by atoms with Crippen molar-refractivity contribution >= 4 is 43.5 Å². The molecule has 7 nitrogen and oxygen atoms in total. The van der Waals surface area contributed by atoms with Crippen molar-refractivity contribution in [2.24, 2.45) is 0 Å². The van der Waals surface area contributed by atoms with E-state index < -0.39 is 28.5 Å². The third-order valence-electron chi connectivity index (χ3n) is 5.44.